The number of carbonyl (C=O) groups is 1. The Morgan fingerprint density at radius 3 is 2.69 bits per heavy atom. The van der Waals surface area contributed by atoms with Crippen LogP contribution in [-0.4, -0.2) is 45.6 Å². The maximum absolute atomic E-state index is 12.4. The molecular weight excluding hydrogens is 376 g/mol. The number of ether oxygens (including phenoxy) is 1. The van der Waals surface area contributed by atoms with Gasteiger partial charge in [-0.05, 0) is 25.5 Å². The van der Waals surface area contributed by atoms with Crippen molar-refractivity contribution in [1.82, 2.24) is 15.2 Å². The number of nitrogens with one attached hydrogen (secondary N) is 2. The Labute approximate surface area is 156 Å². The fourth-order valence-electron chi connectivity index (χ4n) is 2.60. The topological polar surface area (TPSA) is 101 Å². The van der Waals surface area contributed by atoms with Crippen LogP contribution in [0.5, 0.6) is 0 Å². The van der Waals surface area contributed by atoms with Crippen LogP contribution >= 0.6 is 11.3 Å². The number of aromatic nitrogens is 1. The van der Waals surface area contributed by atoms with Crippen LogP contribution in [0.1, 0.15) is 21.6 Å². The fourth-order valence-corrected chi connectivity index (χ4v) is 4.53. The molecular formula is C16H20N4O4S2. The summed E-state index contributed by atoms with van der Waals surface area (Å²) in [6, 6.07) is 4.99. The van der Waals surface area contributed by atoms with Crippen LogP contribution in [0.3, 0.4) is 0 Å². The molecule has 2 heterocycles. The molecule has 1 aliphatic rings. The van der Waals surface area contributed by atoms with Crippen molar-refractivity contribution in [3.05, 3.63) is 40.4 Å². The summed E-state index contributed by atoms with van der Waals surface area (Å²) in [5.41, 5.74) is 3.95. The third-order valence-corrected chi connectivity index (χ3v) is 6.23. The summed E-state index contributed by atoms with van der Waals surface area (Å²) in [7, 11) is -3.86. The van der Waals surface area contributed by atoms with E-state index in [1.54, 1.807) is 24.4 Å². The third-order valence-electron chi connectivity index (χ3n) is 3.93. The lowest BCUT2D eigenvalue weighted by molar-refractivity contribution is 0.0940. The van der Waals surface area contributed by atoms with Crippen molar-refractivity contribution in [3.8, 4) is 0 Å². The van der Waals surface area contributed by atoms with E-state index < -0.39 is 15.9 Å². The summed E-state index contributed by atoms with van der Waals surface area (Å²) >= 11 is 1.34. The van der Waals surface area contributed by atoms with Crippen molar-refractivity contribution >= 4 is 32.4 Å². The lowest BCUT2D eigenvalue weighted by atomic mass is 10.2. The minimum absolute atomic E-state index is 0.121. The Bertz CT molecular complexity index is 905. The van der Waals surface area contributed by atoms with E-state index in [4.69, 9.17) is 4.74 Å². The zero-order valence-corrected chi connectivity index (χ0v) is 16.1. The molecule has 0 radical (unpaired) electrons. The lowest BCUT2D eigenvalue weighted by Gasteiger charge is -2.25. The van der Waals surface area contributed by atoms with E-state index in [1.165, 1.54) is 17.4 Å². The number of aryl methyl sites for hydroxylation is 2. The van der Waals surface area contributed by atoms with Crippen molar-refractivity contribution in [2.45, 2.75) is 18.7 Å². The molecule has 10 heteroatoms. The SMILES string of the molecule is Cc1ccc(S(=O)(=O)NNC(=O)c2csc(N3CCOCC3)n2)c(C)c1. The second-order valence-corrected chi connectivity index (χ2v) is 8.43. The number of carbonyl (C=O) groups excluding carboxylic acids is 1. The van der Waals surface area contributed by atoms with Gasteiger partial charge in [-0.2, -0.15) is 0 Å². The first-order valence-corrected chi connectivity index (χ1v) is 10.4. The standard InChI is InChI=1S/C16H20N4O4S2/c1-11-3-4-14(12(2)9-11)26(22,23)19-18-15(21)13-10-25-16(17-13)20-5-7-24-8-6-20/h3-4,9-10,19H,5-8H2,1-2H3,(H,18,21). The summed E-state index contributed by atoms with van der Waals surface area (Å²) in [5.74, 6) is -0.603. The summed E-state index contributed by atoms with van der Waals surface area (Å²) in [5, 5.41) is 2.32. The van der Waals surface area contributed by atoms with E-state index in [9.17, 15) is 13.2 Å². The van der Waals surface area contributed by atoms with Crippen LogP contribution in [-0.2, 0) is 14.8 Å². The van der Waals surface area contributed by atoms with Crippen molar-refractivity contribution in [3.63, 3.8) is 0 Å². The number of benzene rings is 1. The molecule has 1 aliphatic heterocycles. The molecule has 0 aliphatic carbocycles. The van der Waals surface area contributed by atoms with E-state index >= 15 is 0 Å². The minimum atomic E-state index is -3.86. The first-order chi connectivity index (χ1) is 12.4. The smallest absolute Gasteiger partial charge is 0.285 e. The molecule has 3 rings (SSSR count). The Morgan fingerprint density at radius 2 is 2.00 bits per heavy atom. The Kier molecular flexibility index (Phi) is 5.56. The zero-order valence-electron chi connectivity index (χ0n) is 14.5. The molecule has 1 saturated heterocycles. The van der Waals surface area contributed by atoms with Gasteiger partial charge in [0, 0.05) is 18.5 Å². The molecule has 140 valence electrons. The van der Waals surface area contributed by atoms with Gasteiger partial charge >= 0.3 is 0 Å². The van der Waals surface area contributed by atoms with Crippen molar-refractivity contribution in [2.24, 2.45) is 0 Å². The highest BCUT2D eigenvalue weighted by Gasteiger charge is 2.20. The molecule has 1 aromatic carbocycles. The highest BCUT2D eigenvalue weighted by molar-refractivity contribution is 7.89. The third kappa shape index (κ3) is 4.21. The molecule has 8 nitrogen and oxygen atoms in total. The van der Waals surface area contributed by atoms with Gasteiger partial charge in [0.1, 0.15) is 5.69 Å². The van der Waals surface area contributed by atoms with Gasteiger partial charge in [0.05, 0.1) is 18.1 Å². The number of hydrazine groups is 1. The quantitative estimate of drug-likeness (QED) is 0.737. The number of thiazole rings is 1. The highest BCUT2D eigenvalue weighted by atomic mass is 32.2. The van der Waals surface area contributed by atoms with Gasteiger partial charge in [-0.15, -0.1) is 16.2 Å². The molecule has 2 N–H and O–H groups in total. The summed E-state index contributed by atoms with van der Waals surface area (Å²) < 4.78 is 30.1. The van der Waals surface area contributed by atoms with E-state index in [-0.39, 0.29) is 10.6 Å². The Morgan fingerprint density at radius 1 is 1.27 bits per heavy atom. The van der Waals surface area contributed by atoms with Gasteiger partial charge < -0.3 is 9.64 Å². The fraction of sp³-hybridized carbons (Fsp3) is 0.375. The van der Waals surface area contributed by atoms with Gasteiger partial charge in [0.25, 0.3) is 15.9 Å². The predicted octanol–water partition coefficient (Wildman–Crippen LogP) is 1.22. The monoisotopic (exact) mass is 396 g/mol. The van der Waals surface area contributed by atoms with Gasteiger partial charge in [-0.1, -0.05) is 17.7 Å². The van der Waals surface area contributed by atoms with E-state index in [2.05, 4.69) is 15.2 Å². The lowest BCUT2D eigenvalue weighted by Crippen LogP contribution is -2.42. The van der Waals surface area contributed by atoms with E-state index in [0.29, 0.717) is 31.9 Å². The molecule has 0 unspecified atom stereocenters. The van der Waals surface area contributed by atoms with Crippen LogP contribution in [0.25, 0.3) is 0 Å². The molecule has 1 fully saturated rings. The Balaban J connectivity index is 1.65. The van der Waals surface area contributed by atoms with Crippen LogP contribution in [0, 0.1) is 13.8 Å². The molecule has 0 spiro atoms. The summed E-state index contributed by atoms with van der Waals surface area (Å²) in [6.07, 6.45) is 0. The second-order valence-electron chi connectivity index (χ2n) is 5.94. The molecule has 0 bridgehead atoms. The summed E-state index contributed by atoms with van der Waals surface area (Å²) in [4.78, 5) is 20.8. The molecule has 26 heavy (non-hydrogen) atoms. The normalized spacial score (nSPS) is 15.1. The van der Waals surface area contributed by atoms with E-state index in [0.717, 1.165) is 10.7 Å². The van der Waals surface area contributed by atoms with Gasteiger partial charge in [-0.3, -0.25) is 10.2 Å². The molecule has 0 saturated carbocycles. The maximum Gasteiger partial charge on any atom is 0.285 e. The second kappa shape index (κ2) is 7.70. The average molecular weight is 396 g/mol. The number of amides is 1. The molecule has 1 amide bonds. The highest BCUT2D eigenvalue weighted by Crippen LogP contribution is 2.21. The number of hydrogen-bond acceptors (Lipinski definition) is 7. The number of morpholine rings is 1. The number of sulfonamides is 1. The van der Waals surface area contributed by atoms with E-state index in [1.807, 2.05) is 11.8 Å². The number of rotatable bonds is 5. The molecule has 1 aromatic heterocycles. The first kappa shape index (κ1) is 18.8. The van der Waals surface area contributed by atoms with Crippen LogP contribution < -0.4 is 15.2 Å². The minimum Gasteiger partial charge on any atom is -0.378 e. The Hall–Kier alpha value is -2.01. The van der Waals surface area contributed by atoms with Crippen molar-refractivity contribution in [1.29, 1.82) is 0 Å². The van der Waals surface area contributed by atoms with Crippen molar-refractivity contribution < 1.29 is 17.9 Å². The molecule has 2 aromatic rings. The van der Waals surface area contributed by atoms with Gasteiger partial charge in [0.2, 0.25) is 0 Å². The largest absolute Gasteiger partial charge is 0.378 e. The number of anilines is 1. The number of hydrogen-bond donors (Lipinski definition) is 2. The average Bonchev–Trinajstić information content (AvgIpc) is 3.10. The van der Waals surface area contributed by atoms with Crippen LogP contribution in [0.2, 0.25) is 0 Å². The predicted molar refractivity (Wildman–Crippen MR) is 98.8 cm³/mol. The summed E-state index contributed by atoms with van der Waals surface area (Å²) in [6.45, 7) is 6.26. The zero-order chi connectivity index (χ0) is 18.7. The number of nitrogens with zero attached hydrogens (tertiary/aromatic N) is 2. The van der Waals surface area contributed by atoms with Crippen molar-refractivity contribution in [2.75, 3.05) is 31.2 Å². The van der Waals surface area contributed by atoms with Crippen LogP contribution in [0.15, 0.2) is 28.5 Å². The maximum atomic E-state index is 12.4. The van der Waals surface area contributed by atoms with Gasteiger partial charge in [-0.25, -0.2) is 13.4 Å². The van der Waals surface area contributed by atoms with Gasteiger partial charge in [0.15, 0.2) is 5.13 Å². The first-order valence-electron chi connectivity index (χ1n) is 8.04. The van der Waals surface area contributed by atoms with Crippen LogP contribution in [0.4, 0.5) is 5.13 Å². The molecule has 0 atom stereocenters.